The molecule has 0 fully saturated rings. The number of nitrogens with zero attached hydrogens (tertiary/aromatic N) is 5. The monoisotopic (exact) mass is 339 g/mol. The largest absolute Gasteiger partial charge is 0.348 e. The summed E-state index contributed by atoms with van der Waals surface area (Å²) in [6, 6.07) is 7.26. The summed E-state index contributed by atoms with van der Waals surface area (Å²) < 4.78 is 1.59. The van der Waals surface area contributed by atoms with Crippen molar-refractivity contribution in [1.29, 1.82) is 0 Å². The summed E-state index contributed by atoms with van der Waals surface area (Å²) in [5.41, 5.74) is 0.764. The molecule has 22 heavy (non-hydrogen) atoms. The molecule has 1 amide bonds. The highest BCUT2D eigenvalue weighted by molar-refractivity contribution is 8.00. The predicted octanol–water partition coefficient (Wildman–Crippen LogP) is 2.52. The van der Waals surface area contributed by atoms with E-state index in [0.29, 0.717) is 10.2 Å². The van der Waals surface area contributed by atoms with Crippen molar-refractivity contribution in [1.82, 2.24) is 25.1 Å². The molecule has 0 saturated heterocycles. The number of tetrazole rings is 1. The minimum Gasteiger partial charge on any atom is -0.348 e. The van der Waals surface area contributed by atoms with Gasteiger partial charge in [-0.2, -0.15) is 4.68 Å². The molecule has 1 atom stereocenters. The second-order valence-electron chi connectivity index (χ2n) is 5.37. The second kappa shape index (κ2) is 7.11. The second-order valence-corrected chi connectivity index (χ2v) is 6.91. The lowest BCUT2D eigenvalue weighted by atomic mass is 10.1. The molecule has 0 saturated carbocycles. The zero-order chi connectivity index (χ0) is 16.3. The number of carbonyl (C=O) groups is 1. The Morgan fingerprint density at radius 2 is 2.09 bits per heavy atom. The van der Waals surface area contributed by atoms with Gasteiger partial charge in [0.25, 0.3) is 0 Å². The molecule has 2 aromatic rings. The van der Waals surface area contributed by atoms with Crippen LogP contribution in [-0.4, -0.2) is 50.4 Å². The van der Waals surface area contributed by atoms with Crippen molar-refractivity contribution in [2.75, 3.05) is 14.1 Å². The normalized spacial score (nSPS) is 12.5. The van der Waals surface area contributed by atoms with Crippen molar-refractivity contribution in [3.05, 3.63) is 29.3 Å². The van der Waals surface area contributed by atoms with E-state index in [-0.39, 0.29) is 17.1 Å². The molecule has 1 aromatic heterocycles. The first-order valence-electron chi connectivity index (χ1n) is 6.82. The van der Waals surface area contributed by atoms with Crippen LogP contribution in [0.15, 0.2) is 29.4 Å². The van der Waals surface area contributed by atoms with Crippen LogP contribution < -0.4 is 0 Å². The van der Waals surface area contributed by atoms with Gasteiger partial charge in [-0.05, 0) is 34.5 Å². The third-order valence-electron chi connectivity index (χ3n) is 3.02. The predicted molar refractivity (Wildman–Crippen MR) is 87.3 cm³/mol. The van der Waals surface area contributed by atoms with Gasteiger partial charge in [0, 0.05) is 19.1 Å². The molecule has 0 bridgehead atoms. The Morgan fingerprint density at radius 3 is 2.68 bits per heavy atom. The molecule has 0 aliphatic carbocycles. The number of carbonyl (C=O) groups excluding carboxylic acids is 1. The first-order valence-corrected chi connectivity index (χ1v) is 8.08. The highest BCUT2D eigenvalue weighted by Crippen LogP contribution is 2.29. The number of aromatic nitrogens is 4. The van der Waals surface area contributed by atoms with Gasteiger partial charge in [-0.25, -0.2) is 0 Å². The van der Waals surface area contributed by atoms with E-state index >= 15 is 0 Å². The number of amides is 1. The van der Waals surface area contributed by atoms with E-state index in [2.05, 4.69) is 15.5 Å². The van der Waals surface area contributed by atoms with Gasteiger partial charge in [-0.3, -0.25) is 4.79 Å². The fraction of sp³-hybridized carbons (Fsp3) is 0.429. The summed E-state index contributed by atoms with van der Waals surface area (Å²) in [6.45, 7) is 4.01. The van der Waals surface area contributed by atoms with Crippen LogP contribution in [0.25, 0.3) is 5.69 Å². The van der Waals surface area contributed by atoms with Crippen molar-refractivity contribution in [3.63, 3.8) is 0 Å². The third-order valence-corrected chi connectivity index (χ3v) is 4.72. The maximum atomic E-state index is 12.3. The Hall–Kier alpha value is -1.60. The molecular formula is C14H18ClN5OS. The van der Waals surface area contributed by atoms with Gasteiger partial charge in [-0.1, -0.05) is 43.3 Å². The average molecular weight is 340 g/mol. The van der Waals surface area contributed by atoms with Crippen LogP contribution in [0.4, 0.5) is 0 Å². The van der Waals surface area contributed by atoms with E-state index in [9.17, 15) is 4.79 Å². The van der Waals surface area contributed by atoms with Crippen LogP contribution in [0.2, 0.25) is 5.02 Å². The molecule has 0 N–H and O–H groups in total. The summed E-state index contributed by atoms with van der Waals surface area (Å²) in [4.78, 5) is 13.9. The van der Waals surface area contributed by atoms with Gasteiger partial charge in [-0.15, -0.1) is 5.10 Å². The van der Waals surface area contributed by atoms with Crippen molar-refractivity contribution >= 4 is 29.3 Å². The van der Waals surface area contributed by atoms with E-state index in [1.165, 1.54) is 11.8 Å². The Balaban J connectivity index is 2.30. The zero-order valence-corrected chi connectivity index (χ0v) is 14.5. The van der Waals surface area contributed by atoms with Crippen LogP contribution in [-0.2, 0) is 4.79 Å². The van der Waals surface area contributed by atoms with Crippen LogP contribution >= 0.6 is 23.4 Å². The fourth-order valence-corrected chi connectivity index (χ4v) is 3.18. The van der Waals surface area contributed by atoms with E-state index < -0.39 is 0 Å². The number of rotatable bonds is 5. The number of benzene rings is 1. The highest BCUT2D eigenvalue weighted by Gasteiger charge is 2.27. The van der Waals surface area contributed by atoms with Crippen molar-refractivity contribution in [3.8, 4) is 5.69 Å². The Morgan fingerprint density at radius 1 is 1.36 bits per heavy atom. The van der Waals surface area contributed by atoms with Gasteiger partial charge in [0.2, 0.25) is 11.1 Å². The van der Waals surface area contributed by atoms with Gasteiger partial charge in [0.15, 0.2) is 0 Å². The molecule has 1 aromatic carbocycles. The third kappa shape index (κ3) is 3.78. The average Bonchev–Trinajstić information content (AvgIpc) is 2.91. The van der Waals surface area contributed by atoms with Crippen molar-refractivity contribution in [2.24, 2.45) is 5.92 Å². The number of thioether (sulfide) groups is 1. The summed E-state index contributed by atoms with van der Waals surface area (Å²) in [5.74, 6) is 0.199. The first-order chi connectivity index (χ1) is 10.4. The topological polar surface area (TPSA) is 63.9 Å². The Bertz CT molecular complexity index is 658. The lowest BCUT2D eigenvalue weighted by Crippen LogP contribution is -2.35. The van der Waals surface area contributed by atoms with Gasteiger partial charge >= 0.3 is 0 Å². The highest BCUT2D eigenvalue weighted by atomic mass is 35.5. The lowest BCUT2D eigenvalue weighted by molar-refractivity contribution is -0.128. The Kier molecular flexibility index (Phi) is 5.42. The maximum Gasteiger partial charge on any atom is 0.235 e. The molecule has 1 heterocycles. The standard InChI is InChI=1S/C14H18ClN5OS/c1-9(2)12(13(21)19(3)4)22-14-16-17-18-20(14)11-7-5-6-10(15)8-11/h5-9,12H,1-4H3/t12-/m0/s1. The van der Waals surface area contributed by atoms with E-state index in [0.717, 1.165) is 5.69 Å². The minimum atomic E-state index is -0.251. The summed E-state index contributed by atoms with van der Waals surface area (Å²) in [6.07, 6.45) is 0. The smallest absolute Gasteiger partial charge is 0.235 e. The summed E-state index contributed by atoms with van der Waals surface area (Å²) in [7, 11) is 3.50. The minimum absolute atomic E-state index is 0.0423. The molecule has 0 aliphatic rings. The van der Waals surface area contributed by atoms with E-state index in [1.54, 1.807) is 35.8 Å². The van der Waals surface area contributed by atoms with Crippen LogP contribution in [0, 0.1) is 5.92 Å². The molecule has 0 aliphatic heterocycles. The van der Waals surface area contributed by atoms with Crippen molar-refractivity contribution in [2.45, 2.75) is 24.3 Å². The van der Waals surface area contributed by atoms with Crippen LogP contribution in [0.1, 0.15) is 13.8 Å². The molecule has 0 unspecified atom stereocenters. The molecule has 0 radical (unpaired) electrons. The molecule has 0 spiro atoms. The number of halogens is 1. The zero-order valence-electron chi connectivity index (χ0n) is 12.9. The van der Waals surface area contributed by atoms with E-state index in [1.807, 2.05) is 26.0 Å². The fourth-order valence-electron chi connectivity index (χ4n) is 1.86. The molecule has 118 valence electrons. The number of hydrogen-bond donors (Lipinski definition) is 0. The summed E-state index contributed by atoms with van der Waals surface area (Å²) >= 11 is 7.37. The van der Waals surface area contributed by atoms with E-state index in [4.69, 9.17) is 11.6 Å². The maximum absolute atomic E-state index is 12.3. The molecular weight excluding hydrogens is 322 g/mol. The molecule has 8 heteroatoms. The van der Waals surface area contributed by atoms with Gasteiger partial charge in [0.1, 0.15) is 0 Å². The number of hydrogen-bond acceptors (Lipinski definition) is 5. The Labute approximate surface area is 138 Å². The SMILES string of the molecule is CC(C)[C@H](Sc1nnnn1-c1cccc(Cl)c1)C(=O)N(C)C. The van der Waals surface area contributed by atoms with Crippen LogP contribution in [0.3, 0.4) is 0 Å². The lowest BCUT2D eigenvalue weighted by Gasteiger charge is -2.22. The van der Waals surface area contributed by atoms with Gasteiger partial charge in [0.05, 0.1) is 10.9 Å². The van der Waals surface area contributed by atoms with Crippen LogP contribution in [0.5, 0.6) is 0 Å². The molecule has 6 nitrogen and oxygen atoms in total. The van der Waals surface area contributed by atoms with Crippen molar-refractivity contribution < 1.29 is 4.79 Å². The quantitative estimate of drug-likeness (QED) is 0.783. The summed E-state index contributed by atoms with van der Waals surface area (Å²) in [5, 5.41) is 12.7. The van der Waals surface area contributed by atoms with Gasteiger partial charge < -0.3 is 4.90 Å². The molecule has 2 rings (SSSR count). The first kappa shape index (κ1) is 16.8.